The van der Waals surface area contributed by atoms with Crippen molar-refractivity contribution in [1.29, 1.82) is 0 Å². The summed E-state index contributed by atoms with van der Waals surface area (Å²) in [4.78, 5) is 10.8. The number of anilines is 3. The van der Waals surface area contributed by atoms with E-state index in [0.717, 1.165) is 29.2 Å². The molecule has 2 aromatic carbocycles. The number of aromatic nitrogens is 2. The van der Waals surface area contributed by atoms with Crippen molar-refractivity contribution in [2.75, 3.05) is 17.3 Å². The summed E-state index contributed by atoms with van der Waals surface area (Å²) in [6.45, 7) is 2.56. The van der Waals surface area contributed by atoms with Crippen LogP contribution < -0.4 is 10.2 Å². The van der Waals surface area contributed by atoms with Crippen molar-refractivity contribution in [2.45, 2.75) is 13.5 Å². The molecule has 0 saturated heterocycles. The normalized spacial score (nSPS) is 10.6. The van der Waals surface area contributed by atoms with E-state index in [0.29, 0.717) is 18.2 Å². The molecule has 0 fully saturated rings. The van der Waals surface area contributed by atoms with Crippen LogP contribution >= 0.6 is 0 Å². The van der Waals surface area contributed by atoms with Gasteiger partial charge in [-0.1, -0.05) is 30.3 Å². The van der Waals surface area contributed by atoms with Crippen molar-refractivity contribution in [3.63, 3.8) is 0 Å². The van der Waals surface area contributed by atoms with Crippen LogP contribution in [0, 0.1) is 18.6 Å². The van der Waals surface area contributed by atoms with Gasteiger partial charge in [0.1, 0.15) is 5.82 Å². The van der Waals surface area contributed by atoms with E-state index < -0.39 is 11.6 Å². The number of aryl methyl sites for hydroxylation is 1. The summed E-state index contributed by atoms with van der Waals surface area (Å²) >= 11 is 0. The molecule has 0 aliphatic heterocycles. The molecule has 0 aliphatic rings. The van der Waals surface area contributed by atoms with E-state index in [9.17, 15) is 8.78 Å². The van der Waals surface area contributed by atoms with Crippen LogP contribution in [-0.4, -0.2) is 17.0 Å². The van der Waals surface area contributed by atoms with Crippen LogP contribution in [0.15, 0.2) is 54.6 Å². The summed E-state index contributed by atoms with van der Waals surface area (Å²) in [5.74, 6) is -0.736. The molecule has 4 nitrogen and oxygen atoms in total. The maximum Gasteiger partial charge on any atom is 0.229 e. The number of hydrogen-bond acceptors (Lipinski definition) is 4. The summed E-state index contributed by atoms with van der Waals surface area (Å²) in [5, 5.41) is 2.92. The molecule has 1 heterocycles. The number of hydrogen-bond donors (Lipinski definition) is 1. The van der Waals surface area contributed by atoms with Crippen molar-refractivity contribution >= 4 is 17.5 Å². The lowest BCUT2D eigenvalue weighted by Gasteiger charge is -2.19. The SMILES string of the molecule is Cc1cc(N(C)Cc2ccccc2)nc(Nc2ccc(F)c(F)c2)n1. The Hall–Kier alpha value is -3.02. The Labute approximate surface area is 145 Å². The standard InChI is InChI=1S/C19H18F2N4/c1-13-10-18(25(2)12-14-6-4-3-5-7-14)24-19(22-13)23-15-8-9-16(20)17(21)11-15/h3-11H,12H2,1-2H3,(H,22,23,24). The lowest BCUT2D eigenvalue weighted by Crippen LogP contribution is -2.18. The van der Waals surface area contributed by atoms with E-state index >= 15 is 0 Å². The smallest absolute Gasteiger partial charge is 0.229 e. The van der Waals surface area contributed by atoms with Crippen LogP contribution in [0.1, 0.15) is 11.3 Å². The second-order valence-corrected chi connectivity index (χ2v) is 5.79. The van der Waals surface area contributed by atoms with Crippen LogP contribution in [0.25, 0.3) is 0 Å². The highest BCUT2D eigenvalue weighted by molar-refractivity contribution is 5.55. The maximum absolute atomic E-state index is 13.3. The molecule has 6 heteroatoms. The first-order valence-corrected chi connectivity index (χ1v) is 7.84. The molecule has 0 bridgehead atoms. The summed E-state index contributed by atoms with van der Waals surface area (Å²) in [5.41, 5.74) is 2.33. The molecule has 1 aromatic heterocycles. The molecule has 128 valence electrons. The van der Waals surface area contributed by atoms with Crippen LogP contribution in [0.2, 0.25) is 0 Å². The fraction of sp³-hybridized carbons (Fsp3) is 0.158. The summed E-state index contributed by atoms with van der Waals surface area (Å²) < 4.78 is 26.4. The zero-order valence-corrected chi connectivity index (χ0v) is 14.0. The molecule has 0 radical (unpaired) electrons. The summed E-state index contributed by atoms with van der Waals surface area (Å²) in [7, 11) is 1.94. The molecule has 0 unspecified atom stereocenters. The highest BCUT2D eigenvalue weighted by Gasteiger charge is 2.09. The van der Waals surface area contributed by atoms with Gasteiger partial charge in [-0.15, -0.1) is 0 Å². The van der Waals surface area contributed by atoms with Crippen LogP contribution in [-0.2, 0) is 6.54 Å². The fourth-order valence-electron chi connectivity index (χ4n) is 2.44. The maximum atomic E-state index is 13.3. The van der Waals surface area contributed by atoms with Gasteiger partial charge in [0, 0.05) is 37.1 Å². The van der Waals surface area contributed by atoms with Crippen molar-refractivity contribution in [1.82, 2.24) is 9.97 Å². The van der Waals surface area contributed by atoms with Gasteiger partial charge < -0.3 is 10.2 Å². The molecule has 0 atom stereocenters. The van der Waals surface area contributed by atoms with Crippen LogP contribution in [0.4, 0.5) is 26.2 Å². The zero-order valence-electron chi connectivity index (χ0n) is 14.0. The Morgan fingerprint density at radius 3 is 2.44 bits per heavy atom. The molecule has 3 rings (SSSR count). The third kappa shape index (κ3) is 4.29. The van der Waals surface area contributed by atoms with E-state index in [2.05, 4.69) is 15.3 Å². The summed E-state index contributed by atoms with van der Waals surface area (Å²) in [6, 6.07) is 15.5. The van der Waals surface area contributed by atoms with E-state index in [-0.39, 0.29) is 0 Å². The number of nitrogens with zero attached hydrogens (tertiary/aromatic N) is 3. The summed E-state index contributed by atoms with van der Waals surface area (Å²) in [6.07, 6.45) is 0. The Balaban J connectivity index is 1.81. The third-order valence-corrected chi connectivity index (χ3v) is 3.67. The Morgan fingerprint density at radius 2 is 1.72 bits per heavy atom. The van der Waals surface area contributed by atoms with E-state index in [1.165, 1.54) is 6.07 Å². The molecule has 25 heavy (non-hydrogen) atoms. The molecule has 0 spiro atoms. The van der Waals surface area contributed by atoms with Crippen molar-refractivity contribution < 1.29 is 8.78 Å². The average molecular weight is 340 g/mol. The van der Waals surface area contributed by atoms with Crippen molar-refractivity contribution in [3.8, 4) is 0 Å². The van der Waals surface area contributed by atoms with Gasteiger partial charge in [-0.3, -0.25) is 0 Å². The monoisotopic (exact) mass is 340 g/mol. The van der Waals surface area contributed by atoms with E-state index in [4.69, 9.17) is 0 Å². The van der Waals surface area contributed by atoms with Crippen molar-refractivity contribution in [3.05, 3.63) is 77.5 Å². The molecule has 0 amide bonds. The minimum atomic E-state index is -0.918. The van der Waals surface area contributed by atoms with Gasteiger partial charge >= 0.3 is 0 Å². The van der Waals surface area contributed by atoms with E-state index in [1.807, 2.05) is 55.3 Å². The first kappa shape index (κ1) is 16.8. The second-order valence-electron chi connectivity index (χ2n) is 5.79. The number of nitrogens with one attached hydrogen (secondary N) is 1. The third-order valence-electron chi connectivity index (χ3n) is 3.67. The lowest BCUT2D eigenvalue weighted by atomic mass is 10.2. The number of halogens is 2. The van der Waals surface area contributed by atoms with Gasteiger partial charge in [0.05, 0.1) is 0 Å². The molecular formula is C19H18F2N4. The van der Waals surface area contributed by atoms with Crippen molar-refractivity contribution in [2.24, 2.45) is 0 Å². The first-order chi connectivity index (χ1) is 12.0. The Bertz CT molecular complexity index is 869. The lowest BCUT2D eigenvalue weighted by molar-refractivity contribution is 0.509. The topological polar surface area (TPSA) is 41.1 Å². The van der Waals surface area contributed by atoms with Gasteiger partial charge in [-0.05, 0) is 24.6 Å². The molecule has 0 aliphatic carbocycles. The fourth-order valence-corrected chi connectivity index (χ4v) is 2.44. The van der Waals surface area contributed by atoms with Gasteiger partial charge in [-0.2, -0.15) is 4.98 Å². The minimum Gasteiger partial charge on any atom is -0.355 e. The molecule has 1 N–H and O–H groups in total. The van der Waals surface area contributed by atoms with Crippen LogP contribution in [0.5, 0.6) is 0 Å². The Morgan fingerprint density at radius 1 is 0.960 bits per heavy atom. The first-order valence-electron chi connectivity index (χ1n) is 7.84. The average Bonchev–Trinajstić information content (AvgIpc) is 2.58. The highest BCUT2D eigenvalue weighted by atomic mass is 19.2. The van der Waals surface area contributed by atoms with Gasteiger partial charge in [0.25, 0.3) is 0 Å². The second kappa shape index (κ2) is 7.25. The largest absolute Gasteiger partial charge is 0.355 e. The molecule has 3 aromatic rings. The minimum absolute atomic E-state index is 0.334. The number of rotatable bonds is 5. The predicted octanol–water partition coefficient (Wildman–Crippen LogP) is 4.44. The Kier molecular flexibility index (Phi) is 4.88. The highest BCUT2D eigenvalue weighted by Crippen LogP contribution is 2.20. The van der Waals surface area contributed by atoms with Gasteiger partial charge in [0.2, 0.25) is 5.95 Å². The zero-order chi connectivity index (χ0) is 17.8. The predicted molar refractivity (Wildman–Crippen MR) is 95.0 cm³/mol. The molecule has 0 saturated carbocycles. The quantitative estimate of drug-likeness (QED) is 0.745. The molecular weight excluding hydrogens is 322 g/mol. The van der Waals surface area contributed by atoms with Gasteiger partial charge in [-0.25, -0.2) is 13.8 Å². The van der Waals surface area contributed by atoms with Crippen LogP contribution in [0.3, 0.4) is 0 Å². The van der Waals surface area contributed by atoms with E-state index in [1.54, 1.807) is 0 Å². The number of benzene rings is 2. The van der Waals surface area contributed by atoms with Gasteiger partial charge in [0.15, 0.2) is 11.6 Å².